The van der Waals surface area contributed by atoms with Gasteiger partial charge in [-0.2, -0.15) is 0 Å². The summed E-state index contributed by atoms with van der Waals surface area (Å²) in [5.74, 6) is -0.668. The number of benzene rings is 5. The molecule has 1 heterocycles. The van der Waals surface area contributed by atoms with E-state index in [2.05, 4.69) is 64.8 Å². The number of fused-ring (bicyclic) bond motifs is 2. The molecule has 0 saturated carbocycles. The second-order valence-corrected chi connectivity index (χ2v) is 23.8. The van der Waals surface area contributed by atoms with Gasteiger partial charge in [-0.3, -0.25) is 0 Å². The highest BCUT2D eigenvalue weighted by atomic mass is 16.5. The van der Waals surface area contributed by atoms with E-state index in [-0.39, 0.29) is 12.2 Å². The molecular formula is C76H108N4O7. The Morgan fingerprint density at radius 1 is 0.552 bits per heavy atom. The normalized spacial score (nSPS) is 11.5. The van der Waals surface area contributed by atoms with Crippen molar-refractivity contribution in [2.75, 3.05) is 31.1 Å². The van der Waals surface area contributed by atoms with Gasteiger partial charge in [0.2, 0.25) is 5.36 Å². The van der Waals surface area contributed by atoms with Gasteiger partial charge in [-0.1, -0.05) is 298 Å². The van der Waals surface area contributed by atoms with Crippen molar-refractivity contribution < 1.29 is 33.8 Å². The number of amides is 2. The van der Waals surface area contributed by atoms with Gasteiger partial charge < -0.3 is 39.7 Å². The van der Waals surface area contributed by atoms with Crippen LogP contribution in [0.5, 0.6) is 0 Å². The van der Waals surface area contributed by atoms with Crippen LogP contribution in [0.15, 0.2) is 139 Å². The van der Waals surface area contributed by atoms with Gasteiger partial charge >= 0.3 is 12.2 Å². The Labute approximate surface area is 523 Å². The molecule has 0 aromatic heterocycles. The molecular weight excluding hydrogens is 1080 g/mol. The number of ether oxygens (including phenoxy) is 1. The molecule has 87 heavy (non-hydrogen) atoms. The second-order valence-electron chi connectivity index (χ2n) is 23.8. The van der Waals surface area contributed by atoms with E-state index >= 15 is 0 Å². The lowest BCUT2D eigenvalue weighted by Crippen LogP contribution is -2.34. The highest BCUT2D eigenvalue weighted by molar-refractivity contribution is 6.07. The Kier molecular flexibility index (Phi) is 36.3. The van der Waals surface area contributed by atoms with Gasteiger partial charge in [-0.15, -0.1) is 0 Å². The molecule has 4 aromatic rings. The largest absolute Gasteiger partial charge is 0.545 e. The maximum Gasteiger partial charge on any atom is 0.407 e. The summed E-state index contributed by atoms with van der Waals surface area (Å²) in [6, 6.07) is 39.3. The van der Waals surface area contributed by atoms with Gasteiger partial charge in [0.25, 0.3) is 0 Å². The van der Waals surface area contributed by atoms with E-state index < -0.39 is 18.2 Å². The Hall–Kier alpha value is -6.88. The summed E-state index contributed by atoms with van der Waals surface area (Å²) in [5.41, 5.74) is 5.85. The monoisotopic (exact) mass is 1190 g/mol. The third-order valence-corrected chi connectivity index (χ3v) is 16.6. The zero-order valence-corrected chi connectivity index (χ0v) is 53.5. The third kappa shape index (κ3) is 28.7. The molecule has 474 valence electrons. The van der Waals surface area contributed by atoms with E-state index in [0.29, 0.717) is 49.6 Å². The molecule has 0 saturated heterocycles. The Morgan fingerprint density at radius 2 is 1.02 bits per heavy atom. The van der Waals surface area contributed by atoms with Crippen LogP contribution in [0, 0.1) is 0 Å². The number of alkyl carbamates (subject to hydrolysis) is 1. The standard InChI is InChI=1S/C57H69N3O5.C19H39NO2/c1-3-5-6-7-8-9-10-11-12-13-14-15-16-17-18-27-38-58-57(63)64-40-39-60(44-46-30-23-20-24-31-46)48-35-37-52-54(42-48)65-53-41-47(59(4-2)43-45-28-21-19-22-29-45)34-36-51(53)55(52)49-32-25-26-33-50(49)56(61)62;1-2-3-4-5-6-7-8-9-10-11-12-13-14-15-16-17-18-20-19(21)22/h4,19-26,28-37,41-42H,2-3,5-18,27,38-40,43-44H2,1H3,(H-,58,61,62,63);20H,2-18H2,1H3,(H,21,22). The number of carbonyl (C=O) groups is 3. The van der Waals surface area contributed by atoms with Gasteiger partial charge in [0.05, 0.1) is 12.0 Å². The van der Waals surface area contributed by atoms with E-state index in [0.717, 1.165) is 64.4 Å². The summed E-state index contributed by atoms with van der Waals surface area (Å²) >= 11 is 0. The number of unbranched alkanes of at least 4 members (excludes halogenated alkanes) is 30. The van der Waals surface area contributed by atoms with E-state index in [4.69, 9.17) is 14.3 Å². The number of anilines is 1. The molecule has 0 atom stereocenters. The SMILES string of the molecule is C=CN(Cc1ccccc1)c1ccc2c(-c3ccccc3C(=O)[O-])c3ccc(=[N+](CCOC(=O)NCCCCCCCCCCCCCCCCCC)Cc4ccccc4)cc-3oc2c1.CCCCCCCCCCCCCCCCCCNC(=O)O. The lowest BCUT2D eigenvalue weighted by molar-refractivity contribution is -0.254. The average molecular weight is 1190 g/mol. The zero-order chi connectivity index (χ0) is 61.8. The highest BCUT2D eigenvalue weighted by Crippen LogP contribution is 2.42. The maximum atomic E-state index is 12.8. The molecule has 0 bridgehead atoms. The van der Waals surface area contributed by atoms with Crippen LogP contribution in [-0.4, -0.2) is 49.5 Å². The van der Waals surface area contributed by atoms with Crippen molar-refractivity contribution in [3.63, 3.8) is 0 Å². The van der Waals surface area contributed by atoms with Crippen molar-refractivity contribution >= 4 is 34.8 Å². The van der Waals surface area contributed by atoms with Gasteiger partial charge in [-0.25, -0.2) is 14.2 Å². The lowest BCUT2D eigenvalue weighted by atomic mass is 9.90. The Morgan fingerprint density at radius 3 is 1.52 bits per heavy atom. The van der Waals surface area contributed by atoms with E-state index in [1.54, 1.807) is 18.3 Å². The summed E-state index contributed by atoms with van der Waals surface area (Å²) in [6.07, 6.45) is 43.1. The molecule has 3 N–H and O–H groups in total. The molecule has 0 radical (unpaired) electrons. The summed E-state index contributed by atoms with van der Waals surface area (Å²) in [6.45, 7) is 11.7. The lowest BCUT2D eigenvalue weighted by Gasteiger charge is -2.22. The van der Waals surface area contributed by atoms with Crippen LogP contribution in [0.1, 0.15) is 241 Å². The van der Waals surface area contributed by atoms with Crippen LogP contribution in [0.25, 0.3) is 33.4 Å². The maximum absolute atomic E-state index is 12.8. The Balaban J connectivity index is 0.000000532. The van der Waals surface area contributed by atoms with Crippen LogP contribution in [-0.2, 0) is 17.8 Å². The molecule has 0 fully saturated rings. The van der Waals surface area contributed by atoms with Crippen LogP contribution in [0.4, 0.5) is 15.3 Å². The number of rotatable bonds is 45. The quantitative estimate of drug-likeness (QED) is 0.0195. The minimum atomic E-state index is -1.25. The first kappa shape index (κ1) is 70.9. The minimum absolute atomic E-state index is 0.0993. The van der Waals surface area contributed by atoms with Crippen molar-refractivity contribution in [3.8, 4) is 22.5 Å². The predicted molar refractivity (Wildman–Crippen MR) is 360 cm³/mol. The van der Waals surface area contributed by atoms with Crippen molar-refractivity contribution in [2.24, 2.45) is 0 Å². The first-order valence-corrected chi connectivity index (χ1v) is 34.0. The van der Waals surface area contributed by atoms with Crippen molar-refractivity contribution in [1.29, 1.82) is 0 Å². The van der Waals surface area contributed by atoms with Gasteiger partial charge in [-0.05, 0) is 48.4 Å². The van der Waals surface area contributed by atoms with Gasteiger partial charge in [0.1, 0.15) is 11.3 Å². The molecule has 11 nitrogen and oxygen atoms in total. The van der Waals surface area contributed by atoms with Crippen LogP contribution >= 0.6 is 0 Å². The summed E-state index contributed by atoms with van der Waals surface area (Å²) in [7, 11) is 0. The minimum Gasteiger partial charge on any atom is -0.545 e. The summed E-state index contributed by atoms with van der Waals surface area (Å²) < 4.78 is 14.6. The Bertz CT molecular complexity index is 2870. The van der Waals surface area contributed by atoms with Crippen molar-refractivity contribution in [1.82, 2.24) is 15.2 Å². The van der Waals surface area contributed by atoms with Crippen LogP contribution in [0.2, 0.25) is 0 Å². The second kappa shape index (κ2) is 44.5. The smallest absolute Gasteiger partial charge is 0.407 e. The molecule has 2 aliphatic rings. The first-order valence-electron chi connectivity index (χ1n) is 34.0. The number of aromatic carboxylic acids is 1. The molecule has 11 heteroatoms. The summed E-state index contributed by atoms with van der Waals surface area (Å²) in [5, 5.41) is 27.9. The predicted octanol–water partition coefficient (Wildman–Crippen LogP) is 19.2. The topological polar surface area (TPSA) is 147 Å². The summed E-state index contributed by atoms with van der Waals surface area (Å²) in [4.78, 5) is 37.6. The molecule has 6 rings (SSSR count). The van der Waals surface area contributed by atoms with Crippen LogP contribution in [0.3, 0.4) is 0 Å². The molecule has 1 aliphatic carbocycles. The van der Waals surface area contributed by atoms with E-state index in [1.165, 1.54) is 180 Å². The number of hydrogen-bond acceptors (Lipinski definition) is 7. The number of nitrogens with zero attached hydrogens (tertiary/aromatic N) is 2. The molecule has 0 spiro atoms. The molecule has 2 amide bonds. The molecule has 1 aliphatic heterocycles. The fourth-order valence-corrected chi connectivity index (χ4v) is 11.6. The van der Waals surface area contributed by atoms with E-state index in [9.17, 15) is 19.5 Å². The van der Waals surface area contributed by atoms with Gasteiger partial charge in [0, 0.05) is 65.1 Å². The van der Waals surface area contributed by atoms with Gasteiger partial charge in [0.15, 0.2) is 19.7 Å². The first-order chi connectivity index (χ1) is 42.7. The fourth-order valence-electron chi connectivity index (χ4n) is 11.6. The van der Waals surface area contributed by atoms with Crippen molar-refractivity contribution in [3.05, 3.63) is 156 Å². The molecule has 0 unspecified atom stereocenters. The number of carbonyl (C=O) groups excluding carboxylic acids is 2. The molecule has 4 aromatic carbocycles. The zero-order valence-electron chi connectivity index (χ0n) is 53.5. The third-order valence-electron chi connectivity index (χ3n) is 16.6. The van der Waals surface area contributed by atoms with E-state index in [1.807, 2.05) is 84.9 Å². The number of carboxylic acid groups (broad SMARTS) is 2. The fraction of sp³-hybridized carbons (Fsp3) is 0.526. The number of hydrogen-bond donors (Lipinski definition) is 3. The van der Waals surface area contributed by atoms with Crippen LogP contribution < -0.4 is 30.6 Å². The van der Waals surface area contributed by atoms with Crippen molar-refractivity contribution in [2.45, 2.75) is 232 Å². The average Bonchev–Trinajstić information content (AvgIpc) is 0.882. The highest BCUT2D eigenvalue weighted by Gasteiger charge is 2.22. The number of carboxylic acids is 1. The number of nitrogens with one attached hydrogen (secondary N) is 2.